The van der Waals surface area contributed by atoms with Gasteiger partial charge in [0, 0.05) is 31.5 Å². The fourth-order valence-corrected chi connectivity index (χ4v) is 11.4. The van der Waals surface area contributed by atoms with Crippen LogP contribution in [0.5, 0.6) is 0 Å². The van der Waals surface area contributed by atoms with Crippen LogP contribution in [0.2, 0.25) is 0 Å². The van der Waals surface area contributed by atoms with Crippen LogP contribution in [0.3, 0.4) is 0 Å². The Morgan fingerprint density at radius 1 is 0.897 bits per heavy atom. The molecule has 2 amide bonds. The van der Waals surface area contributed by atoms with Crippen molar-refractivity contribution in [1.82, 2.24) is 15.8 Å². The fourth-order valence-electron chi connectivity index (χ4n) is 11.4. The van der Waals surface area contributed by atoms with Crippen molar-refractivity contribution in [2.45, 2.75) is 110 Å². The first-order chi connectivity index (χ1) is 18.7. The maximum atomic E-state index is 12.7. The van der Waals surface area contributed by atoms with Gasteiger partial charge in [-0.3, -0.25) is 5.43 Å². The van der Waals surface area contributed by atoms with Crippen molar-refractivity contribution in [2.24, 2.45) is 52.3 Å². The van der Waals surface area contributed by atoms with Gasteiger partial charge < -0.3 is 19.5 Å². The van der Waals surface area contributed by atoms with Gasteiger partial charge in [-0.25, -0.2) is 9.80 Å². The first kappa shape index (κ1) is 27.0. The monoisotopic (exact) mass is 543 g/mol. The van der Waals surface area contributed by atoms with Crippen molar-refractivity contribution in [3.05, 3.63) is 0 Å². The third kappa shape index (κ3) is 4.30. The summed E-state index contributed by atoms with van der Waals surface area (Å²) in [7, 11) is 0. The number of nitrogens with one attached hydrogen (secondary N) is 2. The quantitative estimate of drug-likeness (QED) is 0.491. The highest BCUT2D eigenvalue weighted by Gasteiger charge is 2.69. The van der Waals surface area contributed by atoms with Gasteiger partial charge in [0.25, 0.3) is 0 Å². The normalized spacial score (nSPS) is 53.4. The van der Waals surface area contributed by atoms with E-state index in [1.54, 1.807) is 0 Å². The number of hydrogen-bond acceptors (Lipinski definition) is 5. The minimum Gasteiger partial charge on any atom is -0.379 e. The van der Waals surface area contributed by atoms with Gasteiger partial charge in [-0.05, 0) is 104 Å². The summed E-state index contributed by atoms with van der Waals surface area (Å²) in [5, 5.41) is 5.32. The third-order valence-electron chi connectivity index (χ3n) is 13.5. The molecule has 7 nitrogen and oxygen atoms in total. The van der Waals surface area contributed by atoms with E-state index in [0.717, 1.165) is 62.6 Å². The van der Waals surface area contributed by atoms with Crippen molar-refractivity contribution >= 4 is 6.03 Å². The standard InChI is InChI=1S/C32H53N3O4/c1-20-7-12-32(38-19-20)21(2)28-27(39-32)18-26-24-6-5-22-17-23(33-29(36)34-35-13-15-37-16-14-35)8-10-30(22,3)25(24)9-11-31(26,28)4/h20-28H,5-19H2,1-4H3,(H2,33,34,36)/t20-,21-,22+,23+,24+,25-,26-,27-,28?,30-,31-,32+/m0/s1. The molecule has 1 unspecified atom stereocenters. The third-order valence-corrected chi connectivity index (χ3v) is 13.5. The average Bonchev–Trinajstić information content (AvgIpc) is 3.36. The van der Waals surface area contributed by atoms with Crippen molar-refractivity contribution in [2.75, 3.05) is 32.9 Å². The van der Waals surface area contributed by atoms with Crippen LogP contribution in [0, 0.1) is 52.3 Å². The van der Waals surface area contributed by atoms with Gasteiger partial charge in [-0.15, -0.1) is 0 Å². The molecule has 3 heterocycles. The summed E-state index contributed by atoms with van der Waals surface area (Å²) in [5.41, 5.74) is 3.85. The Kier molecular flexibility index (Phi) is 6.81. The summed E-state index contributed by atoms with van der Waals surface area (Å²) in [6.45, 7) is 13.8. The van der Waals surface area contributed by atoms with Crippen LogP contribution in [0.25, 0.3) is 0 Å². The molecule has 220 valence electrons. The van der Waals surface area contributed by atoms with E-state index >= 15 is 0 Å². The molecule has 4 aliphatic carbocycles. The molecule has 0 aromatic rings. The van der Waals surface area contributed by atoms with E-state index in [1.807, 2.05) is 5.01 Å². The Hall–Kier alpha value is -0.890. The summed E-state index contributed by atoms with van der Waals surface area (Å²) in [6.07, 6.45) is 12.9. The molecule has 3 saturated heterocycles. The van der Waals surface area contributed by atoms with Crippen LogP contribution in [0.4, 0.5) is 4.79 Å². The van der Waals surface area contributed by atoms with Gasteiger partial charge >= 0.3 is 6.03 Å². The molecule has 0 aromatic heterocycles. The Balaban J connectivity index is 1.00. The Morgan fingerprint density at radius 2 is 1.69 bits per heavy atom. The molecular weight excluding hydrogens is 490 g/mol. The van der Waals surface area contributed by atoms with Crippen LogP contribution < -0.4 is 10.7 Å². The smallest absolute Gasteiger partial charge is 0.329 e. The van der Waals surface area contributed by atoms with Crippen molar-refractivity contribution < 1.29 is 19.0 Å². The van der Waals surface area contributed by atoms with E-state index in [0.29, 0.717) is 53.9 Å². The number of morpholine rings is 1. The number of amides is 2. The van der Waals surface area contributed by atoms with Gasteiger partial charge in [-0.1, -0.05) is 27.7 Å². The lowest BCUT2D eigenvalue weighted by Gasteiger charge is -2.61. The number of carbonyl (C=O) groups excluding carboxylic acids is 1. The number of rotatable bonds is 2. The maximum Gasteiger partial charge on any atom is 0.329 e. The molecule has 0 aromatic carbocycles. The second-order valence-corrected chi connectivity index (χ2v) is 15.3. The molecule has 4 saturated carbocycles. The first-order valence-electron chi connectivity index (χ1n) is 16.4. The van der Waals surface area contributed by atoms with E-state index in [4.69, 9.17) is 14.2 Å². The van der Waals surface area contributed by atoms with Gasteiger partial charge in [0.2, 0.25) is 0 Å². The van der Waals surface area contributed by atoms with Crippen LogP contribution in [0.1, 0.15) is 91.9 Å². The molecular formula is C32H53N3O4. The topological polar surface area (TPSA) is 72.1 Å². The van der Waals surface area contributed by atoms with Crippen LogP contribution in [-0.2, 0) is 14.2 Å². The molecule has 7 rings (SSSR count). The van der Waals surface area contributed by atoms with Gasteiger partial charge in [0.1, 0.15) is 0 Å². The summed E-state index contributed by atoms with van der Waals surface area (Å²) in [5.74, 6) is 4.67. The van der Waals surface area contributed by atoms with E-state index in [-0.39, 0.29) is 11.8 Å². The molecule has 1 spiro atoms. The Morgan fingerprint density at radius 3 is 2.46 bits per heavy atom. The second-order valence-electron chi connectivity index (χ2n) is 15.3. The van der Waals surface area contributed by atoms with Crippen molar-refractivity contribution in [3.8, 4) is 0 Å². The Labute approximate surface area is 235 Å². The summed E-state index contributed by atoms with van der Waals surface area (Å²) in [4.78, 5) is 12.7. The van der Waals surface area contributed by atoms with Crippen molar-refractivity contribution in [3.63, 3.8) is 0 Å². The number of hydrogen-bond donors (Lipinski definition) is 2. The second kappa shape index (κ2) is 9.84. The molecule has 7 heteroatoms. The predicted molar refractivity (Wildman–Crippen MR) is 150 cm³/mol. The zero-order valence-electron chi connectivity index (χ0n) is 24.9. The fraction of sp³-hybridized carbons (Fsp3) is 0.969. The molecule has 7 fully saturated rings. The highest BCUT2D eigenvalue weighted by molar-refractivity contribution is 5.73. The highest BCUT2D eigenvalue weighted by Crippen LogP contribution is 2.71. The SMILES string of the molecule is C[C@H]1CC[C@@]2(OC1)O[C@H]1C[C@H]3[C@@H]4CC[C@@H]5C[C@H](NC(=O)NN6CCOCC6)CC[C@]5(C)[C@H]4CC[C@]3(C)C1[C@@H]2C. The molecule has 12 atom stereocenters. The first-order valence-corrected chi connectivity index (χ1v) is 16.4. The summed E-state index contributed by atoms with van der Waals surface area (Å²) in [6, 6.07) is 0.262. The van der Waals surface area contributed by atoms with Crippen LogP contribution >= 0.6 is 0 Å². The molecule has 0 bridgehead atoms. The number of hydrazine groups is 1. The van der Waals surface area contributed by atoms with Gasteiger partial charge in [0.05, 0.1) is 25.9 Å². The van der Waals surface area contributed by atoms with Crippen LogP contribution in [-0.4, -0.2) is 61.9 Å². The van der Waals surface area contributed by atoms with E-state index in [1.165, 1.54) is 44.9 Å². The van der Waals surface area contributed by atoms with E-state index in [2.05, 4.69) is 38.4 Å². The zero-order chi connectivity index (χ0) is 27.0. The lowest BCUT2D eigenvalue weighted by Crippen LogP contribution is -2.58. The zero-order valence-corrected chi connectivity index (χ0v) is 24.9. The minimum absolute atomic E-state index is 0.0339. The lowest BCUT2D eigenvalue weighted by atomic mass is 9.44. The highest BCUT2D eigenvalue weighted by atomic mass is 16.7. The molecule has 2 N–H and O–H groups in total. The van der Waals surface area contributed by atoms with E-state index in [9.17, 15) is 4.79 Å². The number of carbonyl (C=O) groups is 1. The minimum atomic E-state index is -0.310. The van der Waals surface area contributed by atoms with E-state index < -0.39 is 0 Å². The maximum absolute atomic E-state index is 12.7. The molecule has 39 heavy (non-hydrogen) atoms. The van der Waals surface area contributed by atoms with Gasteiger partial charge in [-0.2, -0.15) is 0 Å². The summed E-state index contributed by atoms with van der Waals surface area (Å²) < 4.78 is 18.9. The number of ether oxygens (including phenoxy) is 3. The lowest BCUT2D eigenvalue weighted by molar-refractivity contribution is -0.273. The van der Waals surface area contributed by atoms with Crippen molar-refractivity contribution in [1.29, 1.82) is 0 Å². The molecule has 0 radical (unpaired) electrons. The number of urea groups is 1. The predicted octanol–water partition coefficient (Wildman–Crippen LogP) is 5.35. The molecule has 3 aliphatic heterocycles. The number of fused-ring (bicyclic) bond motifs is 7. The average molecular weight is 544 g/mol. The summed E-state index contributed by atoms with van der Waals surface area (Å²) >= 11 is 0. The van der Waals surface area contributed by atoms with Gasteiger partial charge in [0.15, 0.2) is 5.79 Å². The number of nitrogens with zero attached hydrogens (tertiary/aromatic N) is 1. The largest absolute Gasteiger partial charge is 0.379 e. The molecule has 7 aliphatic rings. The Bertz CT molecular complexity index is 932. The van der Waals surface area contributed by atoms with Crippen LogP contribution in [0.15, 0.2) is 0 Å².